The third-order valence-electron chi connectivity index (χ3n) is 1.58. The molecule has 0 amide bonds. The maximum Gasteiger partial charge on any atom is 0.375 e. The number of hydrogen-bond donors (Lipinski definition) is 1. The smallest absolute Gasteiger partial charge is 0.375 e. The molecule has 1 N–H and O–H groups in total. The zero-order chi connectivity index (χ0) is 10.8. The summed E-state index contributed by atoms with van der Waals surface area (Å²) < 4.78 is 1.33. The predicted molar refractivity (Wildman–Crippen MR) is 44.9 cm³/mol. The van der Waals surface area contributed by atoms with Crippen molar-refractivity contribution in [2.24, 2.45) is 7.05 Å². The average Bonchev–Trinajstić information content (AvgIpc) is 2.76. The number of aromatic carboxylic acids is 1. The maximum absolute atomic E-state index is 10.5. The minimum Gasteiger partial charge on any atom is -0.475 e. The Bertz CT molecular complexity index is 487. The van der Waals surface area contributed by atoms with Gasteiger partial charge in [0.25, 0.3) is 5.82 Å². The van der Waals surface area contributed by atoms with Gasteiger partial charge in [0.1, 0.15) is 12.9 Å². The first-order chi connectivity index (χ1) is 7.15. The van der Waals surface area contributed by atoms with Crippen LogP contribution in [0.1, 0.15) is 16.4 Å². The van der Waals surface area contributed by atoms with Crippen LogP contribution in [0.4, 0.5) is 0 Å². The van der Waals surface area contributed by atoms with Crippen molar-refractivity contribution >= 4 is 5.97 Å². The molecule has 15 heavy (non-hydrogen) atoms. The molecule has 2 rings (SSSR count). The molecule has 0 fully saturated rings. The summed E-state index contributed by atoms with van der Waals surface area (Å²) in [6.45, 7) is 0.244. The Balaban J connectivity index is 2.14. The Morgan fingerprint density at radius 1 is 1.53 bits per heavy atom. The monoisotopic (exact) mass is 209 g/mol. The highest BCUT2D eigenvalue weighted by atomic mass is 16.4. The summed E-state index contributed by atoms with van der Waals surface area (Å²) >= 11 is 0. The van der Waals surface area contributed by atoms with Gasteiger partial charge in [-0.1, -0.05) is 0 Å². The van der Waals surface area contributed by atoms with Crippen LogP contribution in [0.2, 0.25) is 0 Å². The van der Waals surface area contributed by atoms with Crippen molar-refractivity contribution in [2.75, 3.05) is 0 Å². The number of nitrogens with zero attached hydrogens (tertiary/aromatic N) is 7. The van der Waals surface area contributed by atoms with Gasteiger partial charge in [0.2, 0.25) is 0 Å². The van der Waals surface area contributed by atoms with Crippen LogP contribution in [0.15, 0.2) is 6.33 Å². The third-order valence-corrected chi connectivity index (χ3v) is 1.58. The summed E-state index contributed by atoms with van der Waals surface area (Å²) in [5.74, 6) is -0.973. The maximum atomic E-state index is 10.5. The Morgan fingerprint density at radius 2 is 2.33 bits per heavy atom. The van der Waals surface area contributed by atoms with Crippen LogP contribution >= 0.6 is 0 Å². The summed E-state index contributed by atoms with van der Waals surface area (Å²) in [6.07, 6.45) is 1.31. The third kappa shape index (κ3) is 1.95. The zero-order valence-electron chi connectivity index (χ0n) is 7.77. The molecule has 0 aliphatic rings. The van der Waals surface area contributed by atoms with E-state index >= 15 is 0 Å². The first kappa shape index (κ1) is 9.24. The molecule has 78 valence electrons. The second-order valence-electron chi connectivity index (χ2n) is 2.77. The predicted octanol–water partition coefficient (Wildman–Crippen LogP) is -1.45. The van der Waals surface area contributed by atoms with Crippen LogP contribution in [0.25, 0.3) is 0 Å². The number of tetrazole rings is 1. The standard InChI is InChI=1S/C6H7N7O2/c1-12-9-4(8-11-12)2-13-3-7-5(10-13)6(14)15/h3H,2H2,1H3,(H,14,15). The molecule has 0 aromatic carbocycles. The Hall–Kier alpha value is -2.32. The van der Waals surface area contributed by atoms with Crippen molar-refractivity contribution in [1.82, 2.24) is 35.0 Å². The summed E-state index contributed by atoms with van der Waals surface area (Å²) in [5.41, 5.74) is 0. The lowest BCUT2D eigenvalue weighted by atomic mass is 10.6. The van der Waals surface area contributed by atoms with Crippen LogP contribution in [0.5, 0.6) is 0 Å². The summed E-state index contributed by atoms with van der Waals surface area (Å²) in [7, 11) is 1.64. The highest BCUT2D eigenvalue weighted by Crippen LogP contribution is 1.93. The van der Waals surface area contributed by atoms with Gasteiger partial charge in [0, 0.05) is 0 Å². The van der Waals surface area contributed by atoms with Crippen molar-refractivity contribution in [2.45, 2.75) is 6.54 Å². The number of carboxylic acids is 1. The molecule has 0 radical (unpaired) electrons. The Labute approximate surface area is 83.3 Å². The SMILES string of the molecule is Cn1nnc(Cn2cnc(C(=O)O)n2)n1. The van der Waals surface area contributed by atoms with Crippen molar-refractivity contribution in [1.29, 1.82) is 0 Å². The number of rotatable bonds is 3. The molecule has 0 spiro atoms. The first-order valence-corrected chi connectivity index (χ1v) is 4.01. The molecular formula is C6H7N7O2. The van der Waals surface area contributed by atoms with Crippen molar-refractivity contribution in [3.05, 3.63) is 18.0 Å². The van der Waals surface area contributed by atoms with Crippen molar-refractivity contribution in [3.8, 4) is 0 Å². The molecule has 0 bridgehead atoms. The minimum atomic E-state index is -1.17. The van der Waals surface area contributed by atoms with E-state index < -0.39 is 5.97 Å². The fourth-order valence-corrected chi connectivity index (χ4v) is 1.00. The molecule has 0 aliphatic heterocycles. The fraction of sp³-hybridized carbons (Fsp3) is 0.333. The topological polar surface area (TPSA) is 112 Å². The molecule has 0 saturated carbocycles. The summed E-state index contributed by atoms with van der Waals surface area (Å²) in [6, 6.07) is 0. The van der Waals surface area contributed by atoms with Crippen LogP contribution in [0, 0.1) is 0 Å². The molecule has 2 aromatic heterocycles. The van der Waals surface area contributed by atoms with E-state index in [9.17, 15) is 4.79 Å². The lowest BCUT2D eigenvalue weighted by molar-refractivity contribution is 0.0683. The number of hydrogen-bond acceptors (Lipinski definition) is 6. The lowest BCUT2D eigenvalue weighted by Crippen LogP contribution is -2.05. The Morgan fingerprint density at radius 3 is 2.87 bits per heavy atom. The molecule has 9 nitrogen and oxygen atoms in total. The van der Waals surface area contributed by atoms with E-state index in [1.807, 2.05) is 0 Å². The van der Waals surface area contributed by atoms with Crippen LogP contribution < -0.4 is 0 Å². The molecule has 9 heteroatoms. The van der Waals surface area contributed by atoms with Gasteiger partial charge in [-0.05, 0) is 5.21 Å². The van der Waals surface area contributed by atoms with E-state index in [0.29, 0.717) is 5.82 Å². The number of carboxylic acid groups (broad SMARTS) is 1. The van der Waals surface area contributed by atoms with E-state index in [4.69, 9.17) is 5.11 Å². The highest BCUT2D eigenvalue weighted by Gasteiger charge is 2.10. The van der Waals surface area contributed by atoms with Gasteiger partial charge in [-0.25, -0.2) is 14.5 Å². The van der Waals surface area contributed by atoms with Crippen molar-refractivity contribution < 1.29 is 9.90 Å². The van der Waals surface area contributed by atoms with E-state index in [1.54, 1.807) is 7.05 Å². The van der Waals surface area contributed by atoms with Crippen LogP contribution in [0.3, 0.4) is 0 Å². The molecule has 0 atom stereocenters. The molecule has 0 saturated heterocycles. The minimum absolute atomic E-state index is 0.244. The molecular weight excluding hydrogens is 202 g/mol. The lowest BCUT2D eigenvalue weighted by Gasteiger charge is -1.92. The van der Waals surface area contributed by atoms with Gasteiger partial charge in [0.05, 0.1) is 7.05 Å². The van der Waals surface area contributed by atoms with Crippen LogP contribution in [-0.2, 0) is 13.6 Å². The molecule has 2 heterocycles. The van der Waals surface area contributed by atoms with E-state index in [1.165, 1.54) is 15.8 Å². The zero-order valence-corrected chi connectivity index (χ0v) is 7.77. The van der Waals surface area contributed by atoms with Gasteiger partial charge < -0.3 is 5.11 Å². The first-order valence-electron chi connectivity index (χ1n) is 4.01. The van der Waals surface area contributed by atoms with E-state index in [2.05, 4.69) is 25.5 Å². The Kier molecular flexibility index (Phi) is 2.12. The normalized spacial score (nSPS) is 10.5. The van der Waals surface area contributed by atoms with Gasteiger partial charge in [0.15, 0.2) is 5.82 Å². The van der Waals surface area contributed by atoms with Gasteiger partial charge >= 0.3 is 5.97 Å². The fourth-order valence-electron chi connectivity index (χ4n) is 1.00. The quantitative estimate of drug-likeness (QED) is 0.657. The largest absolute Gasteiger partial charge is 0.475 e. The van der Waals surface area contributed by atoms with Crippen molar-refractivity contribution in [3.63, 3.8) is 0 Å². The van der Waals surface area contributed by atoms with Gasteiger partial charge in [-0.3, -0.25) is 0 Å². The van der Waals surface area contributed by atoms with Crippen LogP contribution in [-0.4, -0.2) is 46.0 Å². The van der Waals surface area contributed by atoms with E-state index in [0.717, 1.165) is 0 Å². The second-order valence-corrected chi connectivity index (χ2v) is 2.77. The van der Waals surface area contributed by atoms with Gasteiger partial charge in [-0.2, -0.15) is 4.80 Å². The average molecular weight is 209 g/mol. The number of aromatic nitrogens is 7. The highest BCUT2D eigenvalue weighted by molar-refractivity contribution is 5.82. The summed E-state index contributed by atoms with van der Waals surface area (Å²) in [4.78, 5) is 15.4. The number of carbonyl (C=O) groups is 1. The second kappa shape index (κ2) is 3.44. The molecule has 0 aliphatic carbocycles. The summed E-state index contributed by atoms with van der Waals surface area (Å²) in [5, 5.41) is 23.6. The molecule has 0 unspecified atom stereocenters. The van der Waals surface area contributed by atoms with Gasteiger partial charge in [-0.15, -0.1) is 15.3 Å². The molecule has 2 aromatic rings. The van der Waals surface area contributed by atoms with E-state index in [-0.39, 0.29) is 12.4 Å². The number of aryl methyl sites for hydroxylation is 1.